The summed E-state index contributed by atoms with van der Waals surface area (Å²) in [6.07, 6.45) is 3.62. The zero-order valence-electron chi connectivity index (χ0n) is 11.1. The second-order valence-corrected chi connectivity index (χ2v) is 4.28. The Labute approximate surface area is 110 Å². The molecule has 0 fully saturated rings. The molecule has 1 N–H and O–H groups in total. The fourth-order valence-corrected chi connectivity index (χ4v) is 1.61. The van der Waals surface area contributed by atoms with Crippen LogP contribution in [0.2, 0.25) is 0 Å². The van der Waals surface area contributed by atoms with Crippen molar-refractivity contribution in [2.45, 2.75) is 39.2 Å². The Bertz CT molecular complexity index is 354. The van der Waals surface area contributed by atoms with Gasteiger partial charge in [0, 0.05) is 13.0 Å². The minimum atomic E-state index is 0.616. The lowest BCUT2D eigenvalue weighted by atomic mass is 10.2. The van der Waals surface area contributed by atoms with Gasteiger partial charge in [0.15, 0.2) is 0 Å². The minimum absolute atomic E-state index is 0.616. The number of nitrogens with zero attached hydrogens (tertiary/aromatic N) is 1. The molecule has 98 valence electrons. The SMILES string of the molecule is CCCNCc1ccc(OCCCCC#N)cc1. The normalized spacial score (nSPS) is 10.0. The topological polar surface area (TPSA) is 45.0 Å². The number of nitrogens with one attached hydrogen (secondary N) is 1. The van der Waals surface area contributed by atoms with E-state index in [0.29, 0.717) is 13.0 Å². The molecule has 1 aromatic rings. The summed E-state index contributed by atoms with van der Waals surface area (Å²) < 4.78 is 5.60. The van der Waals surface area contributed by atoms with Crippen LogP contribution >= 0.6 is 0 Å². The third-order valence-corrected chi connectivity index (χ3v) is 2.63. The molecule has 0 spiro atoms. The molecule has 0 amide bonds. The van der Waals surface area contributed by atoms with Crippen LogP contribution in [-0.2, 0) is 6.54 Å². The lowest BCUT2D eigenvalue weighted by Gasteiger charge is -2.07. The van der Waals surface area contributed by atoms with Crippen molar-refractivity contribution < 1.29 is 4.74 Å². The van der Waals surface area contributed by atoms with Crippen LogP contribution in [0.3, 0.4) is 0 Å². The van der Waals surface area contributed by atoms with E-state index in [0.717, 1.165) is 38.1 Å². The summed E-state index contributed by atoms with van der Waals surface area (Å²) in [5, 5.41) is 11.8. The van der Waals surface area contributed by atoms with Crippen LogP contribution in [0.15, 0.2) is 24.3 Å². The summed E-state index contributed by atoms with van der Waals surface area (Å²) >= 11 is 0. The summed E-state index contributed by atoms with van der Waals surface area (Å²) in [4.78, 5) is 0. The minimum Gasteiger partial charge on any atom is -0.494 e. The first kappa shape index (κ1) is 14.5. The van der Waals surface area contributed by atoms with Gasteiger partial charge in [0.1, 0.15) is 5.75 Å². The highest BCUT2D eigenvalue weighted by molar-refractivity contribution is 5.27. The van der Waals surface area contributed by atoms with Gasteiger partial charge in [0.2, 0.25) is 0 Å². The van der Waals surface area contributed by atoms with E-state index >= 15 is 0 Å². The molecule has 3 heteroatoms. The Morgan fingerprint density at radius 1 is 1.22 bits per heavy atom. The van der Waals surface area contributed by atoms with Gasteiger partial charge in [-0.2, -0.15) is 5.26 Å². The van der Waals surface area contributed by atoms with Crippen molar-refractivity contribution in [1.29, 1.82) is 5.26 Å². The van der Waals surface area contributed by atoms with E-state index in [1.807, 2.05) is 12.1 Å². The average Bonchev–Trinajstić information content (AvgIpc) is 2.40. The van der Waals surface area contributed by atoms with Crippen LogP contribution in [-0.4, -0.2) is 13.2 Å². The molecule has 0 aromatic heterocycles. The second kappa shape index (κ2) is 9.49. The van der Waals surface area contributed by atoms with Crippen molar-refractivity contribution in [3.63, 3.8) is 0 Å². The molecule has 0 radical (unpaired) electrons. The van der Waals surface area contributed by atoms with E-state index in [1.165, 1.54) is 5.56 Å². The standard InChI is InChI=1S/C15H22N2O/c1-2-11-17-13-14-6-8-15(9-7-14)18-12-5-3-4-10-16/h6-9,17H,2-5,11-13H2,1H3. The largest absolute Gasteiger partial charge is 0.494 e. The molecular formula is C15H22N2O. The van der Waals surface area contributed by atoms with Gasteiger partial charge in [0.05, 0.1) is 12.7 Å². The highest BCUT2D eigenvalue weighted by Gasteiger charge is 1.96. The third-order valence-electron chi connectivity index (χ3n) is 2.63. The van der Waals surface area contributed by atoms with Crippen LogP contribution in [0.5, 0.6) is 5.75 Å². The van der Waals surface area contributed by atoms with Gasteiger partial charge in [-0.3, -0.25) is 0 Å². The first-order valence-electron chi connectivity index (χ1n) is 6.66. The van der Waals surface area contributed by atoms with Gasteiger partial charge >= 0.3 is 0 Å². The number of rotatable bonds is 9. The molecule has 3 nitrogen and oxygen atoms in total. The van der Waals surface area contributed by atoms with E-state index in [1.54, 1.807) is 0 Å². The number of hydrogen-bond acceptors (Lipinski definition) is 3. The molecule has 1 aromatic carbocycles. The zero-order valence-corrected chi connectivity index (χ0v) is 11.1. The first-order valence-corrected chi connectivity index (χ1v) is 6.66. The maximum Gasteiger partial charge on any atom is 0.119 e. The van der Waals surface area contributed by atoms with Crippen LogP contribution in [0, 0.1) is 11.3 Å². The summed E-state index contributed by atoms with van der Waals surface area (Å²) in [6.45, 7) is 4.82. The van der Waals surface area contributed by atoms with Crippen molar-refractivity contribution >= 4 is 0 Å². The average molecular weight is 246 g/mol. The lowest BCUT2D eigenvalue weighted by molar-refractivity contribution is 0.307. The maximum atomic E-state index is 8.41. The van der Waals surface area contributed by atoms with Crippen LogP contribution < -0.4 is 10.1 Å². The highest BCUT2D eigenvalue weighted by Crippen LogP contribution is 2.12. The Morgan fingerprint density at radius 3 is 2.67 bits per heavy atom. The van der Waals surface area contributed by atoms with Crippen molar-refractivity contribution in [3.8, 4) is 11.8 Å². The van der Waals surface area contributed by atoms with E-state index in [-0.39, 0.29) is 0 Å². The number of ether oxygens (including phenoxy) is 1. The molecule has 0 aliphatic carbocycles. The summed E-state index contributed by atoms with van der Waals surface area (Å²) in [5.74, 6) is 0.909. The Hall–Kier alpha value is -1.53. The number of benzene rings is 1. The van der Waals surface area contributed by atoms with E-state index in [9.17, 15) is 0 Å². The third kappa shape index (κ3) is 6.27. The smallest absolute Gasteiger partial charge is 0.119 e. The Kier molecular flexibility index (Phi) is 7.66. The van der Waals surface area contributed by atoms with Gasteiger partial charge in [-0.15, -0.1) is 0 Å². The molecule has 0 aliphatic heterocycles. The number of nitriles is 1. The van der Waals surface area contributed by atoms with Crippen LogP contribution in [0.1, 0.15) is 38.2 Å². The van der Waals surface area contributed by atoms with E-state index in [4.69, 9.17) is 10.00 Å². The molecule has 0 aliphatic rings. The van der Waals surface area contributed by atoms with Gasteiger partial charge < -0.3 is 10.1 Å². The second-order valence-electron chi connectivity index (χ2n) is 4.28. The molecule has 0 bridgehead atoms. The van der Waals surface area contributed by atoms with Crippen molar-refractivity contribution in [1.82, 2.24) is 5.32 Å². The maximum absolute atomic E-state index is 8.41. The van der Waals surface area contributed by atoms with Crippen LogP contribution in [0.25, 0.3) is 0 Å². The van der Waals surface area contributed by atoms with Crippen molar-refractivity contribution in [3.05, 3.63) is 29.8 Å². The van der Waals surface area contributed by atoms with E-state index < -0.39 is 0 Å². The fourth-order valence-electron chi connectivity index (χ4n) is 1.61. The summed E-state index contributed by atoms with van der Waals surface area (Å²) in [6, 6.07) is 10.3. The van der Waals surface area contributed by atoms with Crippen molar-refractivity contribution in [2.75, 3.05) is 13.2 Å². The van der Waals surface area contributed by atoms with Gasteiger partial charge in [0.25, 0.3) is 0 Å². The highest BCUT2D eigenvalue weighted by atomic mass is 16.5. The fraction of sp³-hybridized carbons (Fsp3) is 0.533. The predicted molar refractivity (Wildman–Crippen MR) is 73.4 cm³/mol. The Morgan fingerprint density at radius 2 is 2.00 bits per heavy atom. The molecular weight excluding hydrogens is 224 g/mol. The van der Waals surface area contributed by atoms with E-state index in [2.05, 4.69) is 30.4 Å². The molecule has 0 atom stereocenters. The number of hydrogen-bond donors (Lipinski definition) is 1. The predicted octanol–water partition coefficient (Wildman–Crippen LogP) is 3.26. The molecule has 0 saturated heterocycles. The van der Waals surface area contributed by atoms with Crippen molar-refractivity contribution in [2.24, 2.45) is 0 Å². The molecule has 0 heterocycles. The number of unbranched alkanes of at least 4 members (excludes halogenated alkanes) is 2. The summed E-state index contributed by atoms with van der Waals surface area (Å²) in [5.41, 5.74) is 1.28. The molecule has 18 heavy (non-hydrogen) atoms. The molecule has 0 unspecified atom stereocenters. The quantitative estimate of drug-likeness (QED) is 0.680. The lowest BCUT2D eigenvalue weighted by Crippen LogP contribution is -2.13. The molecule has 0 saturated carbocycles. The zero-order chi connectivity index (χ0) is 13.1. The molecule has 1 rings (SSSR count). The first-order chi connectivity index (χ1) is 8.86. The Balaban J connectivity index is 2.21. The van der Waals surface area contributed by atoms with Gasteiger partial charge in [-0.05, 0) is 43.5 Å². The monoisotopic (exact) mass is 246 g/mol. The van der Waals surface area contributed by atoms with Gasteiger partial charge in [-0.1, -0.05) is 19.1 Å². The van der Waals surface area contributed by atoms with Crippen LogP contribution in [0.4, 0.5) is 0 Å². The van der Waals surface area contributed by atoms with Gasteiger partial charge in [-0.25, -0.2) is 0 Å². The summed E-state index contributed by atoms with van der Waals surface area (Å²) in [7, 11) is 0.